The van der Waals surface area contributed by atoms with Crippen LogP contribution in [0.5, 0.6) is 0 Å². The second kappa shape index (κ2) is 6.72. The summed E-state index contributed by atoms with van der Waals surface area (Å²) in [6.45, 7) is 2.23. The first kappa shape index (κ1) is 13.3. The number of carbonyl (C=O) groups is 1. The number of carbonyl (C=O) groups excluding carboxylic acids is 1. The third kappa shape index (κ3) is 3.22. The Labute approximate surface area is 111 Å². The van der Waals surface area contributed by atoms with E-state index < -0.39 is 0 Å². The van der Waals surface area contributed by atoms with E-state index in [0.717, 1.165) is 12.8 Å². The summed E-state index contributed by atoms with van der Waals surface area (Å²) in [6, 6.07) is 10.4. The lowest BCUT2D eigenvalue weighted by Crippen LogP contribution is -2.20. The van der Waals surface area contributed by atoms with E-state index >= 15 is 0 Å². The highest BCUT2D eigenvalue weighted by Crippen LogP contribution is 2.37. The molecule has 0 spiro atoms. The molecule has 1 aromatic rings. The van der Waals surface area contributed by atoms with E-state index in [1.165, 1.54) is 37.7 Å². The van der Waals surface area contributed by atoms with E-state index in [1.807, 2.05) is 6.07 Å². The maximum Gasteiger partial charge on any atom is 0.140 e. The first-order valence-corrected chi connectivity index (χ1v) is 7.40. The standard InChI is InChI=1S/C17H24O/c1-2-3-9-14-12-7-8-13-16(18)17(14)15-10-5-4-6-11-15/h4-6,10-11,14,17H,2-3,7-9,12-13H2,1H3/t14-,17-/m1/s1. The molecule has 0 amide bonds. The molecule has 1 aromatic carbocycles. The molecule has 1 aliphatic carbocycles. The van der Waals surface area contributed by atoms with Crippen molar-refractivity contribution in [2.45, 2.75) is 57.8 Å². The number of rotatable bonds is 4. The first-order chi connectivity index (χ1) is 8.83. The van der Waals surface area contributed by atoms with Crippen molar-refractivity contribution in [3.05, 3.63) is 35.9 Å². The third-order valence-electron chi connectivity index (χ3n) is 4.15. The summed E-state index contributed by atoms with van der Waals surface area (Å²) >= 11 is 0. The van der Waals surface area contributed by atoms with Crippen LogP contribution in [0.3, 0.4) is 0 Å². The van der Waals surface area contributed by atoms with Crippen LogP contribution >= 0.6 is 0 Å². The molecular weight excluding hydrogens is 220 g/mol. The summed E-state index contributed by atoms with van der Waals surface area (Å²) in [5, 5.41) is 0. The largest absolute Gasteiger partial charge is 0.299 e. The summed E-state index contributed by atoms with van der Waals surface area (Å²) < 4.78 is 0. The Hall–Kier alpha value is -1.11. The number of unbranched alkanes of at least 4 members (excludes halogenated alkanes) is 1. The van der Waals surface area contributed by atoms with Gasteiger partial charge in [0, 0.05) is 12.3 Å². The molecule has 0 bridgehead atoms. The van der Waals surface area contributed by atoms with Gasteiger partial charge in [-0.3, -0.25) is 4.79 Å². The van der Waals surface area contributed by atoms with Gasteiger partial charge >= 0.3 is 0 Å². The highest BCUT2D eigenvalue weighted by molar-refractivity contribution is 5.86. The zero-order chi connectivity index (χ0) is 12.8. The highest BCUT2D eigenvalue weighted by Gasteiger charge is 2.30. The van der Waals surface area contributed by atoms with Crippen LogP contribution in [0.1, 0.15) is 63.4 Å². The molecule has 0 radical (unpaired) electrons. The average Bonchev–Trinajstić information content (AvgIpc) is 2.59. The minimum Gasteiger partial charge on any atom is -0.299 e. The zero-order valence-corrected chi connectivity index (χ0v) is 11.4. The Morgan fingerprint density at radius 2 is 1.94 bits per heavy atom. The quantitative estimate of drug-likeness (QED) is 0.700. The smallest absolute Gasteiger partial charge is 0.140 e. The molecule has 1 heteroatoms. The molecule has 18 heavy (non-hydrogen) atoms. The lowest BCUT2D eigenvalue weighted by molar-refractivity contribution is -0.121. The number of Topliss-reactive ketones (excluding diaryl/α,β-unsaturated/α-hetero) is 1. The molecule has 0 unspecified atom stereocenters. The van der Waals surface area contributed by atoms with Crippen LogP contribution in [0.25, 0.3) is 0 Å². The maximum atomic E-state index is 12.4. The van der Waals surface area contributed by atoms with E-state index in [2.05, 4.69) is 31.2 Å². The second-order valence-corrected chi connectivity index (χ2v) is 5.50. The van der Waals surface area contributed by atoms with Gasteiger partial charge in [0.25, 0.3) is 0 Å². The van der Waals surface area contributed by atoms with Gasteiger partial charge < -0.3 is 0 Å². The Morgan fingerprint density at radius 1 is 1.17 bits per heavy atom. The van der Waals surface area contributed by atoms with Crippen molar-refractivity contribution in [3.8, 4) is 0 Å². The number of hydrogen-bond acceptors (Lipinski definition) is 1. The maximum absolute atomic E-state index is 12.4. The molecule has 0 aromatic heterocycles. The van der Waals surface area contributed by atoms with Crippen LogP contribution in [0, 0.1) is 5.92 Å². The molecule has 0 aliphatic heterocycles. The summed E-state index contributed by atoms with van der Waals surface area (Å²) in [4.78, 5) is 12.4. The molecule has 0 N–H and O–H groups in total. The Balaban J connectivity index is 2.20. The first-order valence-electron chi connectivity index (χ1n) is 7.40. The molecule has 2 atom stereocenters. The molecule has 1 aliphatic rings. The molecule has 0 saturated heterocycles. The van der Waals surface area contributed by atoms with Gasteiger partial charge in [-0.1, -0.05) is 56.5 Å². The van der Waals surface area contributed by atoms with Gasteiger partial charge in [-0.15, -0.1) is 0 Å². The van der Waals surface area contributed by atoms with Gasteiger partial charge in [-0.25, -0.2) is 0 Å². The molecular formula is C17H24O. The van der Waals surface area contributed by atoms with Crippen molar-refractivity contribution in [1.29, 1.82) is 0 Å². The fraction of sp³-hybridized carbons (Fsp3) is 0.588. The Morgan fingerprint density at radius 3 is 2.67 bits per heavy atom. The molecule has 1 saturated carbocycles. The summed E-state index contributed by atoms with van der Waals surface area (Å²) in [5.74, 6) is 1.21. The van der Waals surface area contributed by atoms with Crippen molar-refractivity contribution in [3.63, 3.8) is 0 Å². The predicted octanol–water partition coefficient (Wildman–Crippen LogP) is 4.72. The minimum atomic E-state index is 0.167. The molecule has 2 rings (SSSR count). The number of ketones is 1. The lowest BCUT2D eigenvalue weighted by Gasteiger charge is -2.24. The second-order valence-electron chi connectivity index (χ2n) is 5.50. The number of hydrogen-bond donors (Lipinski definition) is 0. The van der Waals surface area contributed by atoms with Gasteiger partial charge in [-0.2, -0.15) is 0 Å². The predicted molar refractivity (Wildman–Crippen MR) is 75.7 cm³/mol. The third-order valence-corrected chi connectivity index (χ3v) is 4.15. The monoisotopic (exact) mass is 244 g/mol. The molecule has 1 nitrogen and oxygen atoms in total. The number of benzene rings is 1. The van der Waals surface area contributed by atoms with Crippen molar-refractivity contribution in [1.82, 2.24) is 0 Å². The topological polar surface area (TPSA) is 17.1 Å². The summed E-state index contributed by atoms with van der Waals surface area (Å²) in [6.07, 6.45) is 8.01. The minimum absolute atomic E-state index is 0.167. The lowest BCUT2D eigenvalue weighted by atomic mass is 9.79. The van der Waals surface area contributed by atoms with Crippen LogP contribution in [0.2, 0.25) is 0 Å². The van der Waals surface area contributed by atoms with E-state index in [4.69, 9.17) is 0 Å². The van der Waals surface area contributed by atoms with Gasteiger partial charge in [0.2, 0.25) is 0 Å². The van der Waals surface area contributed by atoms with Gasteiger partial charge in [0.15, 0.2) is 0 Å². The van der Waals surface area contributed by atoms with E-state index in [1.54, 1.807) is 0 Å². The van der Waals surface area contributed by atoms with E-state index in [-0.39, 0.29) is 5.92 Å². The van der Waals surface area contributed by atoms with Crippen LogP contribution in [0.4, 0.5) is 0 Å². The van der Waals surface area contributed by atoms with E-state index in [0.29, 0.717) is 11.7 Å². The molecule has 1 fully saturated rings. The average molecular weight is 244 g/mol. The van der Waals surface area contributed by atoms with Crippen LogP contribution in [-0.4, -0.2) is 5.78 Å². The van der Waals surface area contributed by atoms with E-state index in [9.17, 15) is 4.79 Å². The van der Waals surface area contributed by atoms with Crippen LogP contribution in [0.15, 0.2) is 30.3 Å². The molecule has 0 heterocycles. The van der Waals surface area contributed by atoms with Crippen molar-refractivity contribution in [2.75, 3.05) is 0 Å². The normalized spacial score (nSPS) is 24.8. The SMILES string of the molecule is CCCC[C@@H]1CCCCC(=O)[C@H]1c1ccccc1. The van der Waals surface area contributed by atoms with Crippen LogP contribution < -0.4 is 0 Å². The summed E-state index contributed by atoms with van der Waals surface area (Å²) in [7, 11) is 0. The van der Waals surface area contributed by atoms with Crippen molar-refractivity contribution >= 4 is 5.78 Å². The van der Waals surface area contributed by atoms with Gasteiger partial charge in [-0.05, 0) is 30.7 Å². The van der Waals surface area contributed by atoms with Gasteiger partial charge in [0.05, 0.1) is 0 Å². The Bertz CT molecular complexity index is 368. The van der Waals surface area contributed by atoms with Gasteiger partial charge in [0.1, 0.15) is 5.78 Å². The van der Waals surface area contributed by atoms with Crippen molar-refractivity contribution < 1.29 is 4.79 Å². The molecule has 98 valence electrons. The Kier molecular flexibility index (Phi) is 4.98. The zero-order valence-electron chi connectivity index (χ0n) is 11.4. The summed E-state index contributed by atoms with van der Waals surface area (Å²) in [5.41, 5.74) is 1.24. The van der Waals surface area contributed by atoms with Crippen LogP contribution in [-0.2, 0) is 4.79 Å². The fourth-order valence-electron chi connectivity index (χ4n) is 3.19. The highest BCUT2D eigenvalue weighted by atomic mass is 16.1. The van der Waals surface area contributed by atoms with Crippen molar-refractivity contribution in [2.24, 2.45) is 5.92 Å². The fourth-order valence-corrected chi connectivity index (χ4v) is 3.19.